The molecule has 6 nitrogen and oxygen atoms in total. The first-order valence-electron chi connectivity index (χ1n) is 7.64. The number of hydrogen-bond donors (Lipinski definition) is 1. The maximum Gasteiger partial charge on any atom is 0.273 e. The van der Waals surface area contributed by atoms with E-state index in [-0.39, 0.29) is 11.8 Å². The molecule has 2 rings (SSSR count). The summed E-state index contributed by atoms with van der Waals surface area (Å²) in [6, 6.07) is 9.83. The zero-order valence-electron chi connectivity index (χ0n) is 13.7. The van der Waals surface area contributed by atoms with Crippen LogP contribution in [-0.4, -0.2) is 40.6 Å². The van der Waals surface area contributed by atoms with Crippen LogP contribution in [0.1, 0.15) is 29.4 Å². The number of nitrogens with zero attached hydrogens (tertiary/aromatic N) is 3. The van der Waals surface area contributed by atoms with Crippen LogP contribution in [0.15, 0.2) is 36.5 Å². The van der Waals surface area contributed by atoms with Crippen LogP contribution >= 0.6 is 0 Å². The van der Waals surface area contributed by atoms with Crippen molar-refractivity contribution in [2.45, 2.75) is 26.3 Å². The third kappa shape index (κ3) is 4.18. The van der Waals surface area contributed by atoms with Gasteiger partial charge in [-0.05, 0) is 18.9 Å². The highest BCUT2D eigenvalue weighted by Gasteiger charge is 2.20. The molecule has 1 aromatic heterocycles. The van der Waals surface area contributed by atoms with Gasteiger partial charge in [-0.15, -0.1) is 0 Å². The molecule has 1 N–H and O–H groups in total. The molecule has 0 atom stereocenters. The molecule has 2 amide bonds. The number of amides is 2. The van der Waals surface area contributed by atoms with Crippen molar-refractivity contribution in [2.75, 3.05) is 19.4 Å². The Morgan fingerprint density at radius 2 is 1.91 bits per heavy atom. The molecule has 23 heavy (non-hydrogen) atoms. The maximum atomic E-state index is 12.3. The number of hydrogen-bond acceptors (Lipinski definition) is 3. The van der Waals surface area contributed by atoms with E-state index in [1.165, 1.54) is 11.1 Å². The number of carbonyl (C=O) groups is 2. The summed E-state index contributed by atoms with van der Waals surface area (Å²) >= 11 is 0. The van der Waals surface area contributed by atoms with Gasteiger partial charge in [0.2, 0.25) is 5.91 Å². The van der Waals surface area contributed by atoms with Gasteiger partial charge in [0.15, 0.2) is 0 Å². The second-order valence-electron chi connectivity index (χ2n) is 5.46. The van der Waals surface area contributed by atoms with Crippen molar-refractivity contribution >= 4 is 17.5 Å². The minimum absolute atomic E-state index is 0.127. The van der Waals surface area contributed by atoms with Gasteiger partial charge in [0, 0.05) is 27.1 Å². The summed E-state index contributed by atoms with van der Waals surface area (Å²) in [4.78, 5) is 25.9. The molecule has 2 aromatic rings. The van der Waals surface area contributed by atoms with Crippen molar-refractivity contribution < 1.29 is 9.59 Å². The summed E-state index contributed by atoms with van der Waals surface area (Å²) in [5.74, 6) is -0.306. The van der Waals surface area contributed by atoms with Crippen molar-refractivity contribution in [1.29, 1.82) is 0 Å². The fourth-order valence-corrected chi connectivity index (χ4v) is 2.27. The Morgan fingerprint density at radius 1 is 1.22 bits per heavy atom. The molecule has 0 bridgehead atoms. The molecule has 0 spiro atoms. The normalized spacial score (nSPS) is 10.4. The van der Waals surface area contributed by atoms with Crippen LogP contribution in [0.4, 0.5) is 5.69 Å². The molecule has 122 valence electrons. The highest BCUT2D eigenvalue weighted by atomic mass is 16.2. The van der Waals surface area contributed by atoms with Crippen LogP contribution in [-0.2, 0) is 17.8 Å². The van der Waals surface area contributed by atoms with Crippen molar-refractivity contribution in [1.82, 2.24) is 14.7 Å². The second kappa shape index (κ2) is 7.58. The summed E-state index contributed by atoms with van der Waals surface area (Å²) in [6.07, 6.45) is 2.54. The Labute approximate surface area is 136 Å². The van der Waals surface area contributed by atoms with E-state index >= 15 is 0 Å². The van der Waals surface area contributed by atoms with Gasteiger partial charge in [0.1, 0.15) is 5.69 Å². The Bertz CT molecular complexity index is 677. The van der Waals surface area contributed by atoms with Crippen LogP contribution in [0.25, 0.3) is 0 Å². The number of anilines is 1. The van der Waals surface area contributed by atoms with Gasteiger partial charge in [-0.3, -0.25) is 14.3 Å². The predicted octanol–water partition coefficient (Wildman–Crippen LogP) is 2.18. The summed E-state index contributed by atoms with van der Waals surface area (Å²) < 4.78 is 1.59. The van der Waals surface area contributed by atoms with Gasteiger partial charge in [-0.2, -0.15) is 5.10 Å². The molecule has 6 heteroatoms. The standard InChI is InChI=1S/C17H22N4O2/c1-4-21-16(17(23)20(2)3)14(12-18-21)19-15(22)11-10-13-8-6-5-7-9-13/h5-9,12H,4,10-11H2,1-3H3,(H,19,22). The number of nitrogens with one attached hydrogen (secondary N) is 1. The van der Waals surface area contributed by atoms with Crippen LogP contribution in [0.3, 0.4) is 0 Å². The first kappa shape index (κ1) is 16.7. The zero-order chi connectivity index (χ0) is 16.8. The van der Waals surface area contributed by atoms with Gasteiger partial charge < -0.3 is 10.2 Å². The zero-order valence-corrected chi connectivity index (χ0v) is 13.7. The third-order valence-electron chi connectivity index (χ3n) is 3.51. The number of rotatable bonds is 6. The fourth-order valence-electron chi connectivity index (χ4n) is 2.27. The SMILES string of the molecule is CCn1ncc(NC(=O)CCc2ccccc2)c1C(=O)N(C)C. The predicted molar refractivity (Wildman–Crippen MR) is 89.3 cm³/mol. The number of aromatic nitrogens is 2. The maximum absolute atomic E-state index is 12.3. The van der Waals surface area contributed by atoms with Gasteiger partial charge in [-0.1, -0.05) is 30.3 Å². The lowest BCUT2D eigenvalue weighted by atomic mass is 10.1. The fraction of sp³-hybridized carbons (Fsp3) is 0.353. The molecule has 0 radical (unpaired) electrons. The molecule has 0 saturated heterocycles. The van der Waals surface area contributed by atoms with Crippen LogP contribution in [0.2, 0.25) is 0 Å². The van der Waals surface area contributed by atoms with E-state index in [9.17, 15) is 9.59 Å². The molecule has 0 aliphatic carbocycles. The van der Waals surface area contributed by atoms with Crippen molar-refractivity contribution in [2.24, 2.45) is 0 Å². The molecule has 0 saturated carbocycles. The van der Waals surface area contributed by atoms with E-state index in [4.69, 9.17) is 0 Å². The topological polar surface area (TPSA) is 67.2 Å². The molecule has 1 aromatic carbocycles. The molecule has 0 fully saturated rings. The van der Waals surface area contributed by atoms with E-state index in [1.807, 2.05) is 37.3 Å². The Hall–Kier alpha value is -2.63. The van der Waals surface area contributed by atoms with E-state index in [2.05, 4.69) is 10.4 Å². The number of aryl methyl sites for hydroxylation is 2. The Balaban J connectivity index is 2.06. The van der Waals surface area contributed by atoms with Crippen LogP contribution < -0.4 is 5.32 Å². The summed E-state index contributed by atoms with van der Waals surface area (Å²) in [7, 11) is 3.35. The Kier molecular flexibility index (Phi) is 5.51. The summed E-state index contributed by atoms with van der Waals surface area (Å²) in [5, 5.41) is 6.97. The highest BCUT2D eigenvalue weighted by Crippen LogP contribution is 2.17. The third-order valence-corrected chi connectivity index (χ3v) is 3.51. The monoisotopic (exact) mass is 314 g/mol. The summed E-state index contributed by atoms with van der Waals surface area (Å²) in [6.45, 7) is 2.47. The van der Waals surface area contributed by atoms with E-state index in [0.29, 0.717) is 30.8 Å². The summed E-state index contributed by atoms with van der Waals surface area (Å²) in [5.41, 5.74) is 1.98. The average molecular weight is 314 g/mol. The largest absolute Gasteiger partial charge is 0.343 e. The molecule has 0 aliphatic heterocycles. The van der Waals surface area contributed by atoms with Crippen LogP contribution in [0, 0.1) is 0 Å². The van der Waals surface area contributed by atoms with Crippen molar-refractivity contribution in [3.63, 3.8) is 0 Å². The lowest BCUT2D eigenvalue weighted by Gasteiger charge is -2.13. The molecule has 0 unspecified atom stereocenters. The van der Waals surface area contributed by atoms with Crippen LogP contribution in [0.5, 0.6) is 0 Å². The van der Waals surface area contributed by atoms with Gasteiger partial charge >= 0.3 is 0 Å². The Morgan fingerprint density at radius 3 is 2.52 bits per heavy atom. The van der Waals surface area contributed by atoms with Gasteiger partial charge in [0.05, 0.1) is 11.9 Å². The lowest BCUT2D eigenvalue weighted by Crippen LogP contribution is -2.26. The molecular weight excluding hydrogens is 292 g/mol. The first-order chi connectivity index (χ1) is 11.0. The molecule has 1 heterocycles. The lowest BCUT2D eigenvalue weighted by molar-refractivity contribution is -0.116. The van der Waals surface area contributed by atoms with Crippen molar-refractivity contribution in [3.8, 4) is 0 Å². The number of carbonyl (C=O) groups excluding carboxylic acids is 2. The minimum atomic E-state index is -0.178. The molecular formula is C17H22N4O2. The van der Waals surface area contributed by atoms with Crippen molar-refractivity contribution in [3.05, 3.63) is 47.8 Å². The quantitative estimate of drug-likeness (QED) is 0.888. The van der Waals surface area contributed by atoms with E-state index < -0.39 is 0 Å². The molecule has 0 aliphatic rings. The van der Waals surface area contributed by atoms with Gasteiger partial charge in [-0.25, -0.2) is 0 Å². The second-order valence-corrected chi connectivity index (χ2v) is 5.46. The highest BCUT2D eigenvalue weighted by molar-refractivity contribution is 6.02. The smallest absolute Gasteiger partial charge is 0.273 e. The number of benzene rings is 1. The first-order valence-corrected chi connectivity index (χ1v) is 7.64. The van der Waals surface area contributed by atoms with E-state index in [1.54, 1.807) is 18.8 Å². The minimum Gasteiger partial charge on any atom is -0.343 e. The van der Waals surface area contributed by atoms with E-state index in [0.717, 1.165) is 5.56 Å². The van der Waals surface area contributed by atoms with Gasteiger partial charge in [0.25, 0.3) is 5.91 Å². The average Bonchev–Trinajstić information content (AvgIpc) is 2.95.